The molecule has 2 amide bonds. The van der Waals surface area contributed by atoms with Crippen molar-refractivity contribution in [2.24, 2.45) is 5.92 Å². The third-order valence-corrected chi connectivity index (χ3v) is 5.77. The van der Waals surface area contributed by atoms with Crippen LogP contribution >= 0.6 is 0 Å². The summed E-state index contributed by atoms with van der Waals surface area (Å²) in [6.07, 6.45) is 1.95. The molecule has 7 nitrogen and oxygen atoms in total. The number of hydrogen-bond donors (Lipinski definition) is 2. The quantitative estimate of drug-likeness (QED) is 0.450. The molecule has 0 aromatic heterocycles. The van der Waals surface area contributed by atoms with Gasteiger partial charge in [0.25, 0.3) is 11.8 Å². The number of hydrazine groups is 1. The molecule has 2 aromatic rings. The highest BCUT2D eigenvalue weighted by atomic mass is 16.5. The minimum Gasteiger partial charge on any atom is -0.462 e. The van der Waals surface area contributed by atoms with Gasteiger partial charge in [-0.1, -0.05) is 24.3 Å². The fourth-order valence-corrected chi connectivity index (χ4v) is 4.08. The van der Waals surface area contributed by atoms with Gasteiger partial charge >= 0.3 is 5.97 Å². The number of benzene rings is 2. The Morgan fingerprint density at radius 2 is 1.58 bits per heavy atom. The first-order chi connectivity index (χ1) is 14.9. The second-order valence-electron chi connectivity index (χ2n) is 7.78. The highest BCUT2D eigenvalue weighted by Crippen LogP contribution is 2.34. The monoisotopic (exact) mass is 419 g/mol. The minimum absolute atomic E-state index is 0.0771. The number of esters is 1. The Hall–Kier alpha value is -3.29. The molecular formula is C24H25N3O4. The number of imide groups is 1. The van der Waals surface area contributed by atoms with Crippen molar-refractivity contribution in [2.75, 3.05) is 11.5 Å². The lowest BCUT2D eigenvalue weighted by Crippen LogP contribution is -2.42. The van der Waals surface area contributed by atoms with Gasteiger partial charge in [0.1, 0.15) is 0 Å². The van der Waals surface area contributed by atoms with Gasteiger partial charge in [0, 0.05) is 29.1 Å². The lowest BCUT2D eigenvalue weighted by Gasteiger charge is -2.29. The Kier molecular flexibility index (Phi) is 5.71. The molecule has 1 fully saturated rings. The molecule has 31 heavy (non-hydrogen) atoms. The van der Waals surface area contributed by atoms with E-state index in [2.05, 4.69) is 24.7 Å². The predicted molar refractivity (Wildman–Crippen MR) is 117 cm³/mol. The molecule has 1 saturated heterocycles. The molecule has 0 radical (unpaired) electrons. The Morgan fingerprint density at radius 1 is 0.968 bits per heavy atom. The fraction of sp³-hybridized carbons (Fsp3) is 0.292. The number of nitrogens with one attached hydrogen (secondary N) is 2. The van der Waals surface area contributed by atoms with Gasteiger partial charge in [-0.15, -0.1) is 0 Å². The third-order valence-electron chi connectivity index (χ3n) is 5.77. The molecule has 4 rings (SSSR count). The lowest BCUT2D eigenvalue weighted by molar-refractivity contribution is -0.112. The van der Waals surface area contributed by atoms with Crippen molar-refractivity contribution in [2.45, 2.75) is 32.9 Å². The van der Waals surface area contributed by atoms with E-state index in [0.717, 1.165) is 0 Å². The van der Waals surface area contributed by atoms with Crippen LogP contribution in [0.5, 0.6) is 0 Å². The van der Waals surface area contributed by atoms with E-state index >= 15 is 0 Å². The molecule has 0 bridgehead atoms. The average Bonchev–Trinajstić information content (AvgIpc) is 3.09. The van der Waals surface area contributed by atoms with Crippen LogP contribution in [0.25, 0.3) is 5.57 Å². The van der Waals surface area contributed by atoms with Crippen molar-refractivity contribution in [1.82, 2.24) is 10.9 Å². The van der Waals surface area contributed by atoms with Crippen LogP contribution in [-0.4, -0.2) is 36.5 Å². The van der Waals surface area contributed by atoms with Crippen molar-refractivity contribution < 1.29 is 19.1 Å². The highest BCUT2D eigenvalue weighted by molar-refractivity contribution is 6.41. The maximum Gasteiger partial charge on any atom is 0.338 e. The maximum atomic E-state index is 13.5. The second-order valence-corrected chi connectivity index (χ2v) is 7.78. The zero-order chi connectivity index (χ0) is 22.1. The van der Waals surface area contributed by atoms with Crippen LogP contribution in [0.3, 0.4) is 0 Å². The molecule has 2 aliphatic rings. The number of hydrogen-bond acceptors (Lipinski definition) is 6. The van der Waals surface area contributed by atoms with Crippen molar-refractivity contribution in [3.8, 4) is 0 Å². The number of ether oxygens (including phenoxy) is 1. The number of fused-ring (bicyclic) bond motifs is 1. The van der Waals surface area contributed by atoms with Crippen LogP contribution in [0.15, 0.2) is 54.6 Å². The summed E-state index contributed by atoms with van der Waals surface area (Å²) in [5.41, 5.74) is 8.78. The summed E-state index contributed by atoms with van der Waals surface area (Å²) < 4.78 is 5.01. The van der Waals surface area contributed by atoms with E-state index in [1.165, 1.54) is 4.90 Å². The zero-order valence-electron chi connectivity index (χ0n) is 17.7. The molecule has 2 unspecified atom stereocenters. The number of anilines is 1. The predicted octanol–water partition coefficient (Wildman–Crippen LogP) is 2.93. The van der Waals surface area contributed by atoms with E-state index in [1.807, 2.05) is 18.2 Å². The van der Waals surface area contributed by atoms with E-state index in [0.29, 0.717) is 28.0 Å². The Balaban J connectivity index is 1.76. The van der Waals surface area contributed by atoms with Gasteiger partial charge < -0.3 is 4.74 Å². The van der Waals surface area contributed by atoms with Gasteiger partial charge in [-0.3, -0.25) is 20.4 Å². The molecular weight excluding hydrogens is 394 g/mol. The summed E-state index contributed by atoms with van der Waals surface area (Å²) in [6, 6.07) is 13.7. The SMILES string of the molecule is CCOC(=O)c1ccc(N2C(=O)/C(=C\C3C(C)NNC3C)c3ccccc3C2=O)cc1. The van der Waals surface area contributed by atoms with E-state index in [9.17, 15) is 14.4 Å². The molecule has 2 aliphatic heterocycles. The molecule has 160 valence electrons. The van der Waals surface area contributed by atoms with Crippen LogP contribution in [-0.2, 0) is 9.53 Å². The summed E-state index contributed by atoms with van der Waals surface area (Å²) in [5, 5.41) is 0. The van der Waals surface area contributed by atoms with Crippen molar-refractivity contribution in [3.05, 3.63) is 71.3 Å². The van der Waals surface area contributed by atoms with Gasteiger partial charge in [0.05, 0.1) is 17.9 Å². The molecule has 2 aromatic carbocycles. The maximum absolute atomic E-state index is 13.5. The Bertz CT molecular complexity index is 1050. The zero-order valence-corrected chi connectivity index (χ0v) is 17.7. The molecule has 0 spiro atoms. The molecule has 0 saturated carbocycles. The van der Waals surface area contributed by atoms with Gasteiger partial charge in [0.2, 0.25) is 0 Å². The topological polar surface area (TPSA) is 87.7 Å². The number of carbonyl (C=O) groups is 3. The average molecular weight is 419 g/mol. The number of nitrogens with zero attached hydrogens (tertiary/aromatic N) is 1. The minimum atomic E-state index is -0.444. The van der Waals surface area contributed by atoms with E-state index in [4.69, 9.17) is 4.74 Å². The van der Waals surface area contributed by atoms with Crippen molar-refractivity contribution in [3.63, 3.8) is 0 Å². The second kappa shape index (κ2) is 8.45. The van der Waals surface area contributed by atoms with E-state index in [-0.39, 0.29) is 36.4 Å². The summed E-state index contributed by atoms with van der Waals surface area (Å²) in [5.74, 6) is -1.13. The summed E-state index contributed by atoms with van der Waals surface area (Å²) in [4.78, 5) is 39.9. The summed E-state index contributed by atoms with van der Waals surface area (Å²) in [7, 11) is 0. The normalized spacial score (nSPS) is 24.4. The lowest BCUT2D eigenvalue weighted by atomic mass is 9.87. The van der Waals surface area contributed by atoms with Gasteiger partial charge in [-0.05, 0) is 56.7 Å². The van der Waals surface area contributed by atoms with Gasteiger partial charge in [-0.25, -0.2) is 9.69 Å². The first-order valence-electron chi connectivity index (χ1n) is 10.4. The van der Waals surface area contributed by atoms with Gasteiger partial charge in [0.15, 0.2) is 0 Å². The van der Waals surface area contributed by atoms with E-state index in [1.54, 1.807) is 43.3 Å². The summed E-state index contributed by atoms with van der Waals surface area (Å²) in [6.45, 7) is 6.11. The van der Waals surface area contributed by atoms with Crippen LogP contribution in [0.4, 0.5) is 5.69 Å². The number of amides is 2. The Morgan fingerprint density at radius 3 is 2.19 bits per heavy atom. The largest absolute Gasteiger partial charge is 0.462 e. The van der Waals surface area contributed by atoms with Crippen LogP contribution < -0.4 is 15.8 Å². The highest BCUT2D eigenvalue weighted by Gasteiger charge is 2.38. The molecule has 2 heterocycles. The molecule has 0 aliphatic carbocycles. The molecule has 2 atom stereocenters. The standard InChI is InChI=1S/C24H25N3O4/c1-4-31-24(30)16-9-11-17(12-10-16)27-22(28)19-8-6-5-7-18(19)21(23(27)29)13-20-14(2)25-26-15(20)3/h5-15,20,25-26H,4H2,1-3H3/b21-13-. The van der Waals surface area contributed by atoms with Gasteiger partial charge in [-0.2, -0.15) is 0 Å². The third kappa shape index (κ3) is 3.78. The smallest absolute Gasteiger partial charge is 0.338 e. The van der Waals surface area contributed by atoms with E-state index < -0.39 is 5.97 Å². The summed E-state index contributed by atoms with van der Waals surface area (Å²) >= 11 is 0. The number of rotatable bonds is 4. The van der Waals surface area contributed by atoms with Crippen molar-refractivity contribution in [1.29, 1.82) is 0 Å². The molecule has 2 N–H and O–H groups in total. The first kappa shape index (κ1) is 21.0. The molecule has 7 heteroatoms. The van der Waals surface area contributed by atoms with Crippen LogP contribution in [0.2, 0.25) is 0 Å². The number of carbonyl (C=O) groups excluding carboxylic acids is 3. The van der Waals surface area contributed by atoms with Crippen LogP contribution in [0.1, 0.15) is 47.1 Å². The van der Waals surface area contributed by atoms with Crippen LogP contribution in [0, 0.1) is 5.92 Å². The fourth-order valence-electron chi connectivity index (χ4n) is 4.08. The first-order valence-corrected chi connectivity index (χ1v) is 10.4. The van der Waals surface area contributed by atoms with Crippen molar-refractivity contribution >= 4 is 29.0 Å². The Labute approximate surface area is 181 Å².